The van der Waals surface area contributed by atoms with E-state index in [0.717, 1.165) is 16.3 Å². The van der Waals surface area contributed by atoms with Crippen LogP contribution in [0.1, 0.15) is 21.6 Å². The van der Waals surface area contributed by atoms with Gasteiger partial charge in [-0.3, -0.25) is 0 Å². The molecule has 0 saturated heterocycles. The molecule has 106 valence electrons. The van der Waals surface area contributed by atoms with Crippen LogP contribution in [0.2, 0.25) is 0 Å². The van der Waals surface area contributed by atoms with E-state index >= 15 is 0 Å². The number of carbonyl (C=O) groups excluding carboxylic acids is 1. The molecule has 0 bridgehead atoms. The molecule has 0 spiro atoms. The van der Waals surface area contributed by atoms with Gasteiger partial charge in [-0.2, -0.15) is 0 Å². The summed E-state index contributed by atoms with van der Waals surface area (Å²) in [5.74, 6) is -0.547. The van der Waals surface area contributed by atoms with E-state index in [-0.39, 0.29) is 18.1 Å². The number of nitrogens with two attached hydrogens (primary N) is 1. The highest BCUT2D eigenvalue weighted by molar-refractivity contribution is 5.95. The molecule has 3 aromatic rings. The minimum Gasteiger partial charge on any atom is -0.457 e. The standard InChI is InChI=1S/C16H14N2O3/c1-10-14(15(17)21-18-10)16(19)20-9-12-7-4-6-11-5-2-3-8-13(11)12/h2-8H,9,17H2,1H3. The Morgan fingerprint density at radius 1 is 1.24 bits per heavy atom. The van der Waals surface area contributed by atoms with Crippen LogP contribution in [0.25, 0.3) is 10.8 Å². The first-order chi connectivity index (χ1) is 10.2. The first-order valence-corrected chi connectivity index (χ1v) is 6.52. The SMILES string of the molecule is Cc1noc(N)c1C(=O)OCc1cccc2ccccc12. The van der Waals surface area contributed by atoms with Gasteiger partial charge in [-0.1, -0.05) is 47.6 Å². The predicted molar refractivity (Wildman–Crippen MR) is 78.7 cm³/mol. The molecule has 1 aromatic heterocycles. The van der Waals surface area contributed by atoms with Gasteiger partial charge >= 0.3 is 5.97 Å². The number of carbonyl (C=O) groups is 1. The lowest BCUT2D eigenvalue weighted by Gasteiger charge is -2.07. The zero-order valence-electron chi connectivity index (χ0n) is 11.5. The van der Waals surface area contributed by atoms with Gasteiger partial charge in [0.2, 0.25) is 5.88 Å². The molecule has 0 saturated carbocycles. The Hall–Kier alpha value is -2.82. The monoisotopic (exact) mass is 282 g/mol. The summed E-state index contributed by atoms with van der Waals surface area (Å²) in [5.41, 5.74) is 7.13. The average molecular weight is 282 g/mol. The summed E-state index contributed by atoms with van der Waals surface area (Å²) in [4.78, 5) is 12.1. The van der Waals surface area contributed by atoms with Crippen molar-refractivity contribution in [3.05, 3.63) is 59.3 Å². The van der Waals surface area contributed by atoms with Gasteiger partial charge in [-0.05, 0) is 23.3 Å². The van der Waals surface area contributed by atoms with Crippen LogP contribution in [-0.2, 0) is 11.3 Å². The van der Waals surface area contributed by atoms with Gasteiger partial charge < -0.3 is 15.0 Å². The van der Waals surface area contributed by atoms with E-state index in [1.807, 2.05) is 42.5 Å². The maximum absolute atomic E-state index is 12.1. The van der Waals surface area contributed by atoms with Gasteiger partial charge in [0, 0.05) is 0 Å². The van der Waals surface area contributed by atoms with Crippen LogP contribution in [0.3, 0.4) is 0 Å². The third-order valence-electron chi connectivity index (χ3n) is 3.33. The largest absolute Gasteiger partial charge is 0.457 e. The van der Waals surface area contributed by atoms with Gasteiger partial charge in [0.1, 0.15) is 12.2 Å². The van der Waals surface area contributed by atoms with Crippen LogP contribution in [0.15, 0.2) is 47.0 Å². The Balaban J connectivity index is 1.83. The fourth-order valence-corrected chi connectivity index (χ4v) is 2.27. The lowest BCUT2D eigenvalue weighted by molar-refractivity contribution is 0.0474. The molecule has 0 aliphatic carbocycles. The number of rotatable bonds is 3. The average Bonchev–Trinajstić information content (AvgIpc) is 2.84. The van der Waals surface area contributed by atoms with Crippen molar-refractivity contribution in [2.24, 2.45) is 0 Å². The Labute approximate surface area is 121 Å². The molecule has 2 N–H and O–H groups in total. The van der Waals surface area contributed by atoms with Crippen molar-refractivity contribution in [1.29, 1.82) is 0 Å². The Morgan fingerprint density at radius 3 is 2.76 bits per heavy atom. The molecule has 0 amide bonds. The van der Waals surface area contributed by atoms with Crippen LogP contribution < -0.4 is 5.73 Å². The fraction of sp³-hybridized carbons (Fsp3) is 0.125. The number of hydrogen-bond donors (Lipinski definition) is 1. The van der Waals surface area contributed by atoms with E-state index in [1.165, 1.54) is 0 Å². The number of anilines is 1. The van der Waals surface area contributed by atoms with Gasteiger partial charge in [0.15, 0.2) is 0 Å². The van der Waals surface area contributed by atoms with Gasteiger partial charge in [0.25, 0.3) is 0 Å². The first kappa shape index (κ1) is 13.2. The molecule has 1 heterocycles. The Morgan fingerprint density at radius 2 is 2.00 bits per heavy atom. The van der Waals surface area contributed by atoms with Crippen LogP contribution in [0.4, 0.5) is 5.88 Å². The molecule has 0 atom stereocenters. The molecule has 3 rings (SSSR count). The highest BCUT2D eigenvalue weighted by Gasteiger charge is 2.20. The summed E-state index contributed by atoms with van der Waals surface area (Å²) < 4.78 is 10.1. The maximum Gasteiger partial charge on any atom is 0.346 e. The normalized spacial score (nSPS) is 10.7. The van der Waals surface area contributed by atoms with Crippen molar-refractivity contribution in [1.82, 2.24) is 5.16 Å². The highest BCUT2D eigenvalue weighted by atomic mass is 16.5. The number of aromatic nitrogens is 1. The Bertz CT molecular complexity index is 783. The summed E-state index contributed by atoms with van der Waals surface area (Å²) >= 11 is 0. The molecular weight excluding hydrogens is 268 g/mol. The van der Waals surface area contributed by atoms with Crippen LogP contribution >= 0.6 is 0 Å². The summed E-state index contributed by atoms with van der Waals surface area (Å²) in [6, 6.07) is 13.8. The zero-order chi connectivity index (χ0) is 14.8. The summed E-state index contributed by atoms with van der Waals surface area (Å²) in [6.07, 6.45) is 0. The van der Waals surface area contributed by atoms with Crippen molar-refractivity contribution >= 4 is 22.6 Å². The second kappa shape index (κ2) is 5.28. The lowest BCUT2D eigenvalue weighted by Crippen LogP contribution is -2.08. The number of benzene rings is 2. The molecule has 0 unspecified atom stereocenters. The minimum absolute atomic E-state index is 0.0181. The number of hydrogen-bond acceptors (Lipinski definition) is 5. The molecule has 0 radical (unpaired) electrons. The highest BCUT2D eigenvalue weighted by Crippen LogP contribution is 2.21. The van der Waals surface area contributed by atoms with Gasteiger partial charge in [-0.15, -0.1) is 0 Å². The van der Waals surface area contributed by atoms with E-state index in [1.54, 1.807) is 6.92 Å². The fourth-order valence-electron chi connectivity index (χ4n) is 2.27. The van der Waals surface area contributed by atoms with E-state index in [0.29, 0.717) is 5.69 Å². The molecule has 0 aliphatic rings. The third-order valence-corrected chi connectivity index (χ3v) is 3.33. The van der Waals surface area contributed by atoms with Crippen molar-refractivity contribution in [2.75, 3.05) is 5.73 Å². The maximum atomic E-state index is 12.1. The van der Waals surface area contributed by atoms with E-state index in [9.17, 15) is 4.79 Å². The van der Waals surface area contributed by atoms with Gasteiger partial charge in [-0.25, -0.2) is 4.79 Å². The van der Waals surface area contributed by atoms with Crippen molar-refractivity contribution in [3.63, 3.8) is 0 Å². The van der Waals surface area contributed by atoms with Gasteiger partial charge in [0.05, 0.1) is 5.69 Å². The molecule has 21 heavy (non-hydrogen) atoms. The quantitative estimate of drug-likeness (QED) is 0.747. The third kappa shape index (κ3) is 2.45. The second-order valence-corrected chi connectivity index (χ2v) is 4.72. The number of ether oxygens (including phenoxy) is 1. The smallest absolute Gasteiger partial charge is 0.346 e. The minimum atomic E-state index is -0.529. The van der Waals surface area contributed by atoms with E-state index in [2.05, 4.69) is 5.16 Å². The number of nitrogens with zero attached hydrogens (tertiary/aromatic N) is 1. The number of aryl methyl sites for hydroxylation is 1. The Kier molecular flexibility index (Phi) is 3.31. The van der Waals surface area contributed by atoms with Crippen LogP contribution in [0, 0.1) is 6.92 Å². The number of fused-ring (bicyclic) bond motifs is 1. The summed E-state index contributed by atoms with van der Waals surface area (Å²) in [7, 11) is 0. The molecule has 5 nitrogen and oxygen atoms in total. The molecule has 0 fully saturated rings. The molecule has 5 heteroatoms. The molecule has 2 aromatic carbocycles. The number of nitrogen functional groups attached to an aromatic ring is 1. The van der Waals surface area contributed by atoms with Crippen molar-refractivity contribution in [3.8, 4) is 0 Å². The molecule has 0 aliphatic heterocycles. The van der Waals surface area contributed by atoms with E-state index < -0.39 is 5.97 Å². The first-order valence-electron chi connectivity index (χ1n) is 6.52. The van der Waals surface area contributed by atoms with Crippen molar-refractivity contribution < 1.29 is 14.1 Å². The van der Waals surface area contributed by atoms with Crippen LogP contribution in [-0.4, -0.2) is 11.1 Å². The van der Waals surface area contributed by atoms with Crippen LogP contribution in [0.5, 0.6) is 0 Å². The summed E-state index contributed by atoms with van der Waals surface area (Å²) in [6.45, 7) is 1.82. The summed E-state index contributed by atoms with van der Waals surface area (Å²) in [5, 5.41) is 5.80. The predicted octanol–water partition coefficient (Wildman–Crippen LogP) is 3.08. The van der Waals surface area contributed by atoms with E-state index in [4.69, 9.17) is 15.0 Å². The molecular formula is C16H14N2O3. The number of esters is 1. The topological polar surface area (TPSA) is 78.4 Å². The zero-order valence-corrected chi connectivity index (χ0v) is 11.5. The van der Waals surface area contributed by atoms with Crippen molar-refractivity contribution in [2.45, 2.75) is 13.5 Å². The second-order valence-electron chi connectivity index (χ2n) is 4.72. The lowest BCUT2D eigenvalue weighted by atomic mass is 10.1.